The minimum Gasteiger partial charge on any atom is -0.488 e. The van der Waals surface area contributed by atoms with Gasteiger partial charge < -0.3 is 78.0 Å². The van der Waals surface area contributed by atoms with Gasteiger partial charge in [-0.05, 0) is 89.8 Å². The summed E-state index contributed by atoms with van der Waals surface area (Å²) in [6, 6.07) is 10.3. The molecule has 4 N–H and O–H groups in total. The van der Waals surface area contributed by atoms with Gasteiger partial charge in [0.25, 0.3) is 11.8 Å². The van der Waals surface area contributed by atoms with Crippen LogP contribution in [0.5, 0.6) is 11.5 Å². The van der Waals surface area contributed by atoms with Gasteiger partial charge in [0.05, 0.1) is 57.3 Å². The summed E-state index contributed by atoms with van der Waals surface area (Å²) >= 11 is 0. The van der Waals surface area contributed by atoms with Crippen LogP contribution >= 0.6 is 0 Å². The van der Waals surface area contributed by atoms with E-state index in [1.165, 1.54) is 40.0 Å². The van der Waals surface area contributed by atoms with E-state index in [-0.39, 0.29) is 160 Å². The largest absolute Gasteiger partial charge is 0.488 e. The van der Waals surface area contributed by atoms with Crippen LogP contribution < -0.4 is 20.1 Å². The number of piperazine rings is 2. The number of nitrogens with one attached hydrogen (secondary N) is 2. The Hall–Kier alpha value is -8.74. The maximum absolute atomic E-state index is 14.5. The highest BCUT2D eigenvalue weighted by molar-refractivity contribution is 6.05. The van der Waals surface area contributed by atoms with Gasteiger partial charge in [-0.1, -0.05) is 68.9 Å². The van der Waals surface area contributed by atoms with E-state index in [0.29, 0.717) is 19.8 Å². The van der Waals surface area contributed by atoms with Crippen molar-refractivity contribution in [2.45, 2.75) is 135 Å². The fourth-order valence-corrected chi connectivity index (χ4v) is 13.3. The predicted molar refractivity (Wildman–Crippen MR) is 372 cm³/mol. The van der Waals surface area contributed by atoms with Crippen LogP contribution in [-0.4, -0.2) is 245 Å². The van der Waals surface area contributed by atoms with Crippen molar-refractivity contribution in [1.29, 1.82) is 0 Å². The van der Waals surface area contributed by atoms with Gasteiger partial charge in [-0.3, -0.25) is 38.6 Å². The van der Waals surface area contributed by atoms with E-state index in [9.17, 15) is 61.0 Å². The van der Waals surface area contributed by atoms with Crippen LogP contribution in [0.3, 0.4) is 0 Å². The number of hydrogen-bond acceptors (Lipinski definition) is 15. The molecule has 2 saturated heterocycles. The minimum atomic E-state index is -1.26. The van der Waals surface area contributed by atoms with Crippen molar-refractivity contribution >= 4 is 69.4 Å². The summed E-state index contributed by atoms with van der Waals surface area (Å²) in [4.78, 5) is 115. The fourth-order valence-electron chi connectivity index (χ4n) is 13.3. The van der Waals surface area contributed by atoms with E-state index in [1.807, 2.05) is 30.3 Å². The zero-order valence-corrected chi connectivity index (χ0v) is 60.5. The van der Waals surface area contributed by atoms with E-state index in [4.69, 9.17) is 33.5 Å². The first-order valence-corrected chi connectivity index (χ1v) is 35.4. The third kappa shape index (κ3) is 20.6. The number of aliphatic hydroxyl groups is 1. The molecule has 2 saturated carbocycles. The third-order valence-electron chi connectivity index (χ3n) is 19.5. The number of carboxylic acid groups (broad SMARTS) is 1. The van der Waals surface area contributed by atoms with E-state index in [1.54, 1.807) is 56.5 Å². The molecule has 0 spiro atoms. The van der Waals surface area contributed by atoms with Gasteiger partial charge in [0.15, 0.2) is 46.2 Å². The summed E-state index contributed by atoms with van der Waals surface area (Å²) in [7, 11) is 5.94. The standard InChI is InChI=1S/C42H57F2N5O8.C31H43F2N5O8/c1-28(46(5)41(53)57-42(2,3)4)38(50)45-35(30-15-11-8-12-16-30)39(51)48-17-19-49(20-18-48)40(52)36-37(31-25-32(43)33(44)26-34(31)47(36)6)56-24-23-54-21-22-55-27-29-13-9-7-10-14-29;1-19(35(2)31(43)44)28(40)34-25(20-7-5-4-6-8-20)29(41)37-9-11-38(12-10-37)30(42)26-27(46-16-15-45-14-13-39)21-17-22(32)23(33)18-24(21)36(26)3/h7,9-10,13-14,25-26,28,30,35H,8,11-12,15-24,27H2,1-6H3,(H,45,50);17-20,25,39H,4-16H2,1-3H3,(H,34,40)(H,43,44)/t28-,35-;19-,25-/m00/s1. The lowest BCUT2D eigenvalue weighted by Gasteiger charge is -2.39. The first-order valence-electron chi connectivity index (χ1n) is 35.4. The molecule has 8 amide bonds. The van der Waals surface area contributed by atoms with Gasteiger partial charge in [0.1, 0.15) is 43.0 Å². The van der Waals surface area contributed by atoms with Crippen molar-refractivity contribution < 1.29 is 94.6 Å². The van der Waals surface area contributed by atoms with Crippen molar-refractivity contribution in [2.75, 3.05) is 119 Å². The number of carbonyl (C=O) groups is 8. The third-order valence-corrected chi connectivity index (χ3v) is 19.5. The summed E-state index contributed by atoms with van der Waals surface area (Å²) in [6.45, 7) is 11.1. The van der Waals surface area contributed by atoms with Gasteiger partial charge in [0, 0.05) is 103 Å². The summed E-state index contributed by atoms with van der Waals surface area (Å²) in [5.41, 5.74) is 1.07. The molecule has 566 valence electrons. The Kier molecular flexibility index (Phi) is 28.8. The number of fused-ring (bicyclic) bond motifs is 2. The van der Waals surface area contributed by atoms with E-state index < -0.39 is 88.9 Å². The van der Waals surface area contributed by atoms with E-state index >= 15 is 0 Å². The van der Waals surface area contributed by atoms with Crippen molar-refractivity contribution in [3.63, 3.8) is 0 Å². The number of hydrogen-bond donors (Lipinski definition) is 4. The molecular formula is C73H100F4N10O16. The number of likely N-dealkylation sites (N-methyl/N-ethyl adjacent to an activating group) is 2. The molecule has 0 bridgehead atoms. The molecule has 2 aliphatic carbocycles. The highest BCUT2D eigenvalue weighted by Crippen LogP contribution is 2.38. The Morgan fingerprint density at radius 1 is 0.534 bits per heavy atom. The van der Waals surface area contributed by atoms with Gasteiger partial charge in [-0.25, -0.2) is 27.2 Å². The molecule has 30 heteroatoms. The van der Waals surface area contributed by atoms with Crippen molar-refractivity contribution in [2.24, 2.45) is 25.9 Å². The zero-order chi connectivity index (χ0) is 74.8. The number of halogens is 4. The number of nitrogens with zero attached hydrogens (tertiary/aromatic N) is 8. The van der Waals surface area contributed by atoms with Gasteiger partial charge in [-0.15, -0.1) is 0 Å². The number of aryl methyl sites for hydroxylation is 2. The zero-order valence-electron chi connectivity index (χ0n) is 60.5. The Bertz CT molecular complexity index is 3750. The number of aromatic nitrogens is 2. The van der Waals surface area contributed by atoms with E-state index in [0.717, 1.165) is 98.9 Å². The fraction of sp³-hybridized carbons (Fsp3) is 0.589. The average Bonchev–Trinajstić information content (AvgIpc) is 1.61. The Morgan fingerprint density at radius 3 is 1.32 bits per heavy atom. The predicted octanol–water partition coefficient (Wildman–Crippen LogP) is 7.87. The molecule has 0 radical (unpaired) electrons. The second-order valence-corrected chi connectivity index (χ2v) is 27.6. The van der Waals surface area contributed by atoms with Crippen LogP contribution in [0.15, 0.2) is 54.6 Å². The van der Waals surface area contributed by atoms with Crippen LogP contribution in [0.2, 0.25) is 0 Å². The average molecular weight is 1450 g/mol. The van der Waals surface area contributed by atoms with Gasteiger partial charge in [-0.2, -0.15) is 0 Å². The topological polar surface area (TPSA) is 286 Å². The molecular weight excluding hydrogens is 1350 g/mol. The summed E-state index contributed by atoms with van der Waals surface area (Å²) in [6.07, 6.45) is 7.01. The Morgan fingerprint density at radius 2 is 0.913 bits per heavy atom. The lowest BCUT2D eigenvalue weighted by molar-refractivity contribution is -0.140. The minimum absolute atomic E-state index is 0.00415. The van der Waals surface area contributed by atoms with Crippen molar-refractivity contribution in [3.8, 4) is 11.5 Å². The molecule has 4 heterocycles. The molecule has 4 atom stereocenters. The summed E-state index contributed by atoms with van der Waals surface area (Å²) < 4.78 is 94.2. The molecule has 103 heavy (non-hydrogen) atoms. The number of carbonyl (C=O) groups excluding carboxylic acids is 7. The molecule has 2 aromatic heterocycles. The molecule has 4 fully saturated rings. The molecule has 2 aliphatic heterocycles. The van der Waals surface area contributed by atoms with Crippen LogP contribution in [0.1, 0.15) is 125 Å². The Labute approximate surface area is 597 Å². The maximum atomic E-state index is 14.5. The number of ether oxygens (including phenoxy) is 6. The SMILES string of the molecule is C[C@@H](C(=O)N[C@H](C(=O)N1CCN(C(=O)c2c(OCCOCCO)c3cc(F)c(F)cc3n2C)CC1)C1CCCCC1)N(C)C(=O)O.C[C@@H](C(=O)N[C@H](C(=O)N1CCN(C(=O)c2c(OCCOCCOCc3ccccc3)c3cc(F)c(F)cc3n2C)CC1)C1CCCCC1)N(C)C(=O)OC(C)(C)C. The smallest absolute Gasteiger partial charge is 0.410 e. The van der Waals surface area contributed by atoms with Crippen molar-refractivity contribution in [3.05, 3.63) is 94.8 Å². The number of aliphatic hydroxyl groups excluding tert-OH is 1. The summed E-state index contributed by atoms with van der Waals surface area (Å²) in [5, 5.41) is 24.5. The molecule has 0 unspecified atom stereocenters. The Balaban J connectivity index is 0.000000267. The second kappa shape index (κ2) is 37.1. The molecule has 4 aliphatic rings. The first-order chi connectivity index (χ1) is 49.1. The highest BCUT2D eigenvalue weighted by Gasteiger charge is 2.41. The molecule has 5 aromatic rings. The number of amides is 8. The number of benzene rings is 3. The van der Waals surface area contributed by atoms with Crippen LogP contribution in [0, 0.1) is 35.1 Å². The van der Waals surface area contributed by atoms with Gasteiger partial charge >= 0.3 is 12.2 Å². The number of rotatable bonds is 27. The first kappa shape index (κ1) is 80.0. The van der Waals surface area contributed by atoms with Crippen molar-refractivity contribution in [1.82, 2.24) is 49.2 Å². The summed E-state index contributed by atoms with van der Waals surface area (Å²) in [5.74, 6) is -6.64. The van der Waals surface area contributed by atoms with Crippen LogP contribution in [-0.2, 0) is 58.8 Å². The molecule has 3 aromatic carbocycles. The lowest BCUT2D eigenvalue weighted by atomic mass is 9.83. The van der Waals surface area contributed by atoms with Crippen LogP contribution in [0.25, 0.3) is 21.8 Å². The second-order valence-electron chi connectivity index (χ2n) is 27.6. The monoisotopic (exact) mass is 1450 g/mol. The highest BCUT2D eigenvalue weighted by atomic mass is 19.2. The molecule has 9 rings (SSSR count). The lowest BCUT2D eigenvalue weighted by Crippen LogP contribution is -2.59. The molecule has 26 nitrogen and oxygen atoms in total. The quantitative estimate of drug-likeness (QED) is 0.0287. The van der Waals surface area contributed by atoms with E-state index in [2.05, 4.69) is 10.6 Å². The van der Waals surface area contributed by atoms with Gasteiger partial charge in [0.2, 0.25) is 23.6 Å². The van der Waals surface area contributed by atoms with Crippen LogP contribution in [0.4, 0.5) is 27.2 Å². The maximum Gasteiger partial charge on any atom is 0.410 e. The normalized spacial score (nSPS) is 16.6.